The predicted octanol–water partition coefficient (Wildman–Crippen LogP) is 5.80. The zero-order chi connectivity index (χ0) is 20.7. The third-order valence-corrected chi connectivity index (χ3v) is 5.79. The monoisotopic (exact) mass is 471 g/mol. The Labute approximate surface area is 175 Å². The van der Waals surface area contributed by atoms with E-state index in [1.54, 1.807) is 6.92 Å². The zero-order valence-corrected chi connectivity index (χ0v) is 17.8. The number of hydrogen-bond donors (Lipinski definition) is 1. The number of esters is 1. The molecular formula is C20H20BrF2NO3S. The van der Waals surface area contributed by atoms with E-state index in [-0.39, 0.29) is 17.2 Å². The van der Waals surface area contributed by atoms with Gasteiger partial charge in [0.25, 0.3) is 5.91 Å². The molecule has 2 rings (SSSR count). The molecule has 0 saturated carbocycles. The van der Waals surface area contributed by atoms with E-state index >= 15 is 0 Å². The molecule has 0 spiro atoms. The fraction of sp³-hybridized carbons (Fsp3) is 0.300. The van der Waals surface area contributed by atoms with E-state index in [0.717, 1.165) is 18.9 Å². The van der Waals surface area contributed by atoms with Crippen LogP contribution in [0.2, 0.25) is 0 Å². The number of unbranched alkanes of at least 4 members (excludes halogenated alkanes) is 1. The number of nitrogens with one attached hydrogen (secondary N) is 1. The molecule has 4 nitrogen and oxygen atoms in total. The van der Waals surface area contributed by atoms with E-state index in [1.807, 2.05) is 6.92 Å². The number of carbonyl (C=O) groups excluding carboxylic acids is 2. The van der Waals surface area contributed by atoms with Crippen LogP contribution in [0.4, 0.5) is 14.5 Å². The van der Waals surface area contributed by atoms with E-state index in [1.165, 1.54) is 42.1 Å². The highest BCUT2D eigenvalue weighted by atomic mass is 79.9. The van der Waals surface area contributed by atoms with Crippen molar-refractivity contribution >= 4 is 45.3 Å². The SMILES string of the molecule is CCCCOC(=O)C(C)Sc1cc(NC(=O)c2cccc(F)c2)c(F)cc1Br. The van der Waals surface area contributed by atoms with E-state index < -0.39 is 22.8 Å². The van der Waals surface area contributed by atoms with Gasteiger partial charge < -0.3 is 10.1 Å². The summed E-state index contributed by atoms with van der Waals surface area (Å²) >= 11 is 4.45. The van der Waals surface area contributed by atoms with Crippen LogP contribution in [0.3, 0.4) is 0 Å². The van der Waals surface area contributed by atoms with Gasteiger partial charge in [-0.15, -0.1) is 11.8 Å². The number of anilines is 1. The van der Waals surface area contributed by atoms with Gasteiger partial charge in [0.2, 0.25) is 0 Å². The second-order valence-electron chi connectivity index (χ2n) is 6.01. The van der Waals surface area contributed by atoms with Gasteiger partial charge in [0, 0.05) is 14.9 Å². The van der Waals surface area contributed by atoms with Gasteiger partial charge in [0.15, 0.2) is 0 Å². The molecule has 2 aromatic rings. The van der Waals surface area contributed by atoms with Gasteiger partial charge >= 0.3 is 5.97 Å². The van der Waals surface area contributed by atoms with Crippen molar-refractivity contribution in [2.45, 2.75) is 36.8 Å². The molecule has 28 heavy (non-hydrogen) atoms. The first kappa shape index (κ1) is 22.4. The summed E-state index contributed by atoms with van der Waals surface area (Å²) in [6.45, 7) is 4.06. The molecule has 150 valence electrons. The maximum absolute atomic E-state index is 14.3. The van der Waals surface area contributed by atoms with Crippen molar-refractivity contribution in [2.75, 3.05) is 11.9 Å². The molecule has 1 unspecified atom stereocenters. The number of carbonyl (C=O) groups is 2. The van der Waals surface area contributed by atoms with Crippen molar-refractivity contribution in [3.8, 4) is 0 Å². The maximum Gasteiger partial charge on any atom is 0.319 e. The fourth-order valence-corrected chi connectivity index (χ4v) is 3.71. The zero-order valence-electron chi connectivity index (χ0n) is 15.4. The minimum atomic E-state index is -0.654. The molecule has 1 atom stereocenters. The Kier molecular flexibility index (Phi) is 8.44. The lowest BCUT2D eigenvalue weighted by Crippen LogP contribution is -2.17. The third kappa shape index (κ3) is 6.31. The van der Waals surface area contributed by atoms with Crippen molar-refractivity contribution in [1.29, 1.82) is 0 Å². The molecule has 1 amide bonds. The number of amides is 1. The van der Waals surface area contributed by atoms with Crippen LogP contribution < -0.4 is 5.32 Å². The minimum Gasteiger partial charge on any atom is -0.465 e. The number of thioether (sulfide) groups is 1. The van der Waals surface area contributed by atoms with Crippen molar-refractivity contribution in [3.05, 3.63) is 58.1 Å². The van der Waals surface area contributed by atoms with Gasteiger partial charge in [-0.25, -0.2) is 8.78 Å². The molecule has 0 fully saturated rings. The molecule has 0 aromatic heterocycles. The second-order valence-corrected chi connectivity index (χ2v) is 8.25. The Morgan fingerprint density at radius 3 is 2.68 bits per heavy atom. The van der Waals surface area contributed by atoms with Crippen LogP contribution in [0.15, 0.2) is 45.8 Å². The van der Waals surface area contributed by atoms with Crippen LogP contribution in [-0.2, 0) is 9.53 Å². The number of halogens is 3. The van der Waals surface area contributed by atoms with E-state index in [0.29, 0.717) is 16.0 Å². The van der Waals surface area contributed by atoms with Gasteiger partial charge in [-0.2, -0.15) is 0 Å². The van der Waals surface area contributed by atoms with Crippen LogP contribution in [0.5, 0.6) is 0 Å². The Balaban J connectivity index is 2.13. The molecule has 0 radical (unpaired) electrons. The number of rotatable bonds is 8. The highest BCUT2D eigenvalue weighted by Gasteiger charge is 2.19. The molecule has 2 aromatic carbocycles. The van der Waals surface area contributed by atoms with Crippen molar-refractivity contribution in [3.63, 3.8) is 0 Å². The second kappa shape index (κ2) is 10.6. The largest absolute Gasteiger partial charge is 0.465 e. The Hall–Kier alpha value is -1.93. The van der Waals surface area contributed by atoms with Gasteiger partial charge in [0.1, 0.15) is 16.9 Å². The summed E-state index contributed by atoms with van der Waals surface area (Å²) in [7, 11) is 0. The fourth-order valence-electron chi connectivity index (χ4n) is 2.21. The Morgan fingerprint density at radius 2 is 2.00 bits per heavy atom. The van der Waals surface area contributed by atoms with Crippen LogP contribution in [-0.4, -0.2) is 23.7 Å². The van der Waals surface area contributed by atoms with Crippen LogP contribution >= 0.6 is 27.7 Å². The average Bonchev–Trinajstić information content (AvgIpc) is 2.65. The van der Waals surface area contributed by atoms with Crippen LogP contribution in [0.25, 0.3) is 0 Å². The van der Waals surface area contributed by atoms with E-state index in [4.69, 9.17) is 4.74 Å². The smallest absolute Gasteiger partial charge is 0.319 e. The van der Waals surface area contributed by atoms with Crippen LogP contribution in [0.1, 0.15) is 37.0 Å². The normalized spacial score (nSPS) is 11.8. The molecule has 0 aliphatic rings. The lowest BCUT2D eigenvalue weighted by atomic mass is 10.2. The minimum absolute atomic E-state index is 0.0634. The maximum atomic E-state index is 14.3. The first-order chi connectivity index (χ1) is 13.3. The number of ether oxygens (including phenoxy) is 1. The van der Waals surface area contributed by atoms with Crippen molar-refractivity contribution in [1.82, 2.24) is 0 Å². The molecule has 0 heterocycles. The van der Waals surface area contributed by atoms with Gasteiger partial charge in [-0.3, -0.25) is 9.59 Å². The Bertz CT molecular complexity index is 863. The number of benzene rings is 2. The lowest BCUT2D eigenvalue weighted by molar-refractivity contribution is -0.142. The summed E-state index contributed by atoms with van der Waals surface area (Å²) in [5.41, 5.74) is 0.0101. The van der Waals surface area contributed by atoms with Gasteiger partial charge in [-0.05, 0) is 59.6 Å². The van der Waals surface area contributed by atoms with E-state index in [2.05, 4.69) is 21.2 Å². The molecule has 0 saturated heterocycles. The molecule has 1 N–H and O–H groups in total. The number of hydrogen-bond acceptors (Lipinski definition) is 4. The summed E-state index contributed by atoms with van der Waals surface area (Å²) in [6.07, 6.45) is 1.71. The molecular weight excluding hydrogens is 452 g/mol. The molecule has 0 bridgehead atoms. The van der Waals surface area contributed by atoms with Crippen LogP contribution in [0, 0.1) is 11.6 Å². The molecule has 0 aliphatic heterocycles. The Morgan fingerprint density at radius 1 is 1.25 bits per heavy atom. The van der Waals surface area contributed by atoms with Gasteiger partial charge in [-0.1, -0.05) is 19.4 Å². The summed E-state index contributed by atoms with van der Waals surface area (Å²) in [6, 6.07) is 7.74. The summed E-state index contributed by atoms with van der Waals surface area (Å²) < 4.78 is 33.2. The first-order valence-corrected chi connectivity index (χ1v) is 10.4. The molecule has 8 heteroatoms. The predicted molar refractivity (Wildman–Crippen MR) is 110 cm³/mol. The average molecular weight is 472 g/mol. The van der Waals surface area contributed by atoms with Crippen molar-refractivity contribution in [2.24, 2.45) is 0 Å². The highest BCUT2D eigenvalue weighted by molar-refractivity contribution is 9.10. The van der Waals surface area contributed by atoms with Crippen molar-refractivity contribution < 1.29 is 23.1 Å². The van der Waals surface area contributed by atoms with E-state index in [9.17, 15) is 18.4 Å². The quantitative estimate of drug-likeness (QED) is 0.300. The van der Waals surface area contributed by atoms with Gasteiger partial charge in [0.05, 0.1) is 12.3 Å². The topological polar surface area (TPSA) is 55.4 Å². The summed E-state index contributed by atoms with van der Waals surface area (Å²) in [5.74, 6) is -2.21. The lowest BCUT2D eigenvalue weighted by Gasteiger charge is -2.14. The summed E-state index contributed by atoms with van der Waals surface area (Å²) in [5, 5.41) is 1.93. The highest BCUT2D eigenvalue weighted by Crippen LogP contribution is 2.35. The third-order valence-electron chi connectivity index (χ3n) is 3.73. The summed E-state index contributed by atoms with van der Waals surface area (Å²) in [4.78, 5) is 24.9. The first-order valence-electron chi connectivity index (χ1n) is 8.71. The molecule has 0 aliphatic carbocycles. The standard InChI is InChI=1S/C20H20BrF2NO3S/c1-3-4-8-27-20(26)12(2)28-18-11-17(16(23)10-15(18)21)24-19(25)13-6-5-7-14(22)9-13/h5-7,9-12H,3-4,8H2,1-2H3,(H,24,25).